The molecule has 0 spiro atoms. The van der Waals surface area contributed by atoms with E-state index in [1.54, 1.807) is 0 Å². The fraction of sp³-hybridized carbons (Fsp3) is 1.00. The van der Waals surface area contributed by atoms with Crippen LogP contribution in [0.2, 0.25) is 0 Å². The molecule has 0 aromatic rings. The molecule has 1 aliphatic heterocycles. The molecular formula is C11H23NO. The van der Waals surface area contributed by atoms with Crippen LogP contribution in [0.5, 0.6) is 0 Å². The van der Waals surface area contributed by atoms with Crippen LogP contribution < -0.4 is 5.32 Å². The van der Waals surface area contributed by atoms with Gasteiger partial charge >= 0.3 is 0 Å². The predicted octanol–water partition coefficient (Wildman–Crippen LogP) is 2.33. The van der Waals surface area contributed by atoms with E-state index in [9.17, 15) is 0 Å². The average molecular weight is 185 g/mol. The van der Waals surface area contributed by atoms with E-state index in [-0.39, 0.29) is 0 Å². The molecule has 78 valence electrons. The van der Waals surface area contributed by atoms with Crippen LogP contribution >= 0.6 is 0 Å². The lowest BCUT2D eigenvalue weighted by molar-refractivity contribution is 0.111. The first-order valence-corrected chi connectivity index (χ1v) is 5.61. The van der Waals surface area contributed by atoms with Gasteiger partial charge in [-0.25, -0.2) is 0 Å². The zero-order chi connectivity index (χ0) is 9.68. The van der Waals surface area contributed by atoms with Gasteiger partial charge in [0.1, 0.15) is 0 Å². The fourth-order valence-electron chi connectivity index (χ4n) is 1.91. The van der Waals surface area contributed by atoms with Crippen molar-refractivity contribution in [1.29, 1.82) is 0 Å². The van der Waals surface area contributed by atoms with Crippen molar-refractivity contribution >= 4 is 0 Å². The molecule has 1 fully saturated rings. The summed E-state index contributed by atoms with van der Waals surface area (Å²) in [5.41, 5.74) is 0. The molecule has 0 saturated carbocycles. The molecular weight excluding hydrogens is 162 g/mol. The average Bonchev–Trinajstić information content (AvgIpc) is 2.48. The van der Waals surface area contributed by atoms with Crippen LogP contribution in [0.3, 0.4) is 0 Å². The second-order valence-electron chi connectivity index (χ2n) is 4.18. The van der Waals surface area contributed by atoms with Crippen LogP contribution in [-0.4, -0.2) is 24.8 Å². The first-order valence-electron chi connectivity index (χ1n) is 5.61. The van der Waals surface area contributed by atoms with E-state index >= 15 is 0 Å². The Hall–Kier alpha value is -0.0800. The number of hydrogen-bond acceptors (Lipinski definition) is 2. The van der Waals surface area contributed by atoms with Crippen LogP contribution in [0.15, 0.2) is 0 Å². The summed E-state index contributed by atoms with van der Waals surface area (Å²) in [5, 5.41) is 3.64. The van der Waals surface area contributed by atoms with Crippen LogP contribution in [-0.2, 0) is 4.74 Å². The van der Waals surface area contributed by atoms with Gasteiger partial charge in [-0.1, -0.05) is 19.8 Å². The SMILES string of the molecule is CCCCC(C)NC1CCOC1C. The maximum absolute atomic E-state index is 5.51. The predicted molar refractivity (Wildman–Crippen MR) is 55.9 cm³/mol. The normalized spacial score (nSPS) is 30.7. The molecule has 1 heterocycles. The molecule has 2 nitrogen and oxygen atoms in total. The highest BCUT2D eigenvalue weighted by Gasteiger charge is 2.24. The lowest BCUT2D eigenvalue weighted by atomic mass is 10.1. The molecule has 0 bridgehead atoms. The summed E-state index contributed by atoms with van der Waals surface area (Å²) in [6.45, 7) is 7.62. The van der Waals surface area contributed by atoms with E-state index in [0.717, 1.165) is 6.61 Å². The first kappa shape index (κ1) is 11.0. The van der Waals surface area contributed by atoms with Crippen molar-refractivity contribution in [2.45, 2.75) is 64.6 Å². The van der Waals surface area contributed by atoms with Gasteiger partial charge in [0, 0.05) is 18.7 Å². The van der Waals surface area contributed by atoms with Crippen LogP contribution in [0.4, 0.5) is 0 Å². The smallest absolute Gasteiger partial charge is 0.0700 e. The van der Waals surface area contributed by atoms with Gasteiger partial charge in [-0.2, -0.15) is 0 Å². The maximum atomic E-state index is 5.51. The van der Waals surface area contributed by atoms with E-state index in [2.05, 4.69) is 26.1 Å². The standard InChI is InChI=1S/C11H23NO/c1-4-5-6-9(2)12-11-7-8-13-10(11)3/h9-12H,4-8H2,1-3H3. The third kappa shape index (κ3) is 3.65. The van der Waals surface area contributed by atoms with Crippen molar-refractivity contribution in [3.05, 3.63) is 0 Å². The highest BCUT2D eigenvalue weighted by atomic mass is 16.5. The minimum absolute atomic E-state index is 0.407. The Morgan fingerprint density at radius 2 is 2.31 bits per heavy atom. The minimum atomic E-state index is 0.407. The topological polar surface area (TPSA) is 21.3 Å². The maximum Gasteiger partial charge on any atom is 0.0700 e. The summed E-state index contributed by atoms with van der Waals surface area (Å²) in [6.07, 6.45) is 5.50. The Balaban J connectivity index is 2.15. The number of nitrogens with one attached hydrogen (secondary N) is 1. The van der Waals surface area contributed by atoms with E-state index in [1.165, 1.54) is 25.7 Å². The summed E-state index contributed by atoms with van der Waals surface area (Å²) in [7, 11) is 0. The Bertz CT molecular complexity index is 138. The monoisotopic (exact) mass is 185 g/mol. The molecule has 0 aromatic carbocycles. The van der Waals surface area contributed by atoms with Gasteiger partial charge in [0.05, 0.1) is 6.10 Å². The van der Waals surface area contributed by atoms with Crippen LogP contribution in [0.1, 0.15) is 46.5 Å². The minimum Gasteiger partial charge on any atom is -0.377 e. The Labute approximate surface area is 82.0 Å². The molecule has 0 amide bonds. The molecule has 3 unspecified atom stereocenters. The zero-order valence-electron chi connectivity index (χ0n) is 9.18. The summed E-state index contributed by atoms with van der Waals surface area (Å²) < 4.78 is 5.51. The lowest BCUT2D eigenvalue weighted by Gasteiger charge is -2.21. The molecule has 1 saturated heterocycles. The third-order valence-electron chi connectivity index (χ3n) is 2.87. The Morgan fingerprint density at radius 1 is 1.54 bits per heavy atom. The number of ether oxygens (including phenoxy) is 1. The van der Waals surface area contributed by atoms with Crippen LogP contribution in [0.25, 0.3) is 0 Å². The van der Waals surface area contributed by atoms with Gasteiger partial charge < -0.3 is 10.1 Å². The molecule has 1 rings (SSSR count). The van der Waals surface area contributed by atoms with E-state index in [0.29, 0.717) is 18.2 Å². The highest BCUT2D eigenvalue weighted by Crippen LogP contribution is 2.14. The molecule has 3 atom stereocenters. The molecule has 0 aliphatic carbocycles. The van der Waals surface area contributed by atoms with E-state index < -0.39 is 0 Å². The summed E-state index contributed by atoms with van der Waals surface area (Å²) >= 11 is 0. The highest BCUT2D eigenvalue weighted by molar-refractivity contribution is 4.81. The van der Waals surface area contributed by atoms with Gasteiger partial charge in [0.15, 0.2) is 0 Å². The lowest BCUT2D eigenvalue weighted by Crippen LogP contribution is -2.40. The van der Waals surface area contributed by atoms with Crippen molar-refractivity contribution in [3.63, 3.8) is 0 Å². The summed E-state index contributed by atoms with van der Waals surface area (Å²) in [4.78, 5) is 0. The second kappa shape index (κ2) is 5.61. The zero-order valence-corrected chi connectivity index (χ0v) is 9.18. The van der Waals surface area contributed by atoms with Crippen molar-refractivity contribution in [2.75, 3.05) is 6.61 Å². The molecule has 13 heavy (non-hydrogen) atoms. The summed E-state index contributed by atoms with van der Waals surface area (Å²) in [6, 6.07) is 1.24. The first-order chi connectivity index (χ1) is 6.24. The third-order valence-corrected chi connectivity index (χ3v) is 2.87. The van der Waals surface area contributed by atoms with Gasteiger partial charge in [0.2, 0.25) is 0 Å². The molecule has 1 N–H and O–H groups in total. The largest absolute Gasteiger partial charge is 0.377 e. The van der Waals surface area contributed by atoms with Crippen molar-refractivity contribution in [1.82, 2.24) is 5.32 Å². The van der Waals surface area contributed by atoms with Gasteiger partial charge in [0.25, 0.3) is 0 Å². The second-order valence-corrected chi connectivity index (χ2v) is 4.18. The number of unbranched alkanes of at least 4 members (excludes halogenated alkanes) is 1. The Morgan fingerprint density at radius 3 is 2.85 bits per heavy atom. The van der Waals surface area contributed by atoms with Crippen LogP contribution in [0, 0.1) is 0 Å². The number of rotatable bonds is 5. The van der Waals surface area contributed by atoms with Gasteiger partial charge in [-0.3, -0.25) is 0 Å². The Kier molecular flexibility index (Phi) is 4.74. The quantitative estimate of drug-likeness (QED) is 0.710. The molecule has 0 aromatic heterocycles. The van der Waals surface area contributed by atoms with Crippen molar-refractivity contribution in [3.8, 4) is 0 Å². The summed E-state index contributed by atoms with van der Waals surface area (Å²) in [5.74, 6) is 0. The number of hydrogen-bond donors (Lipinski definition) is 1. The van der Waals surface area contributed by atoms with Crippen molar-refractivity contribution < 1.29 is 4.74 Å². The van der Waals surface area contributed by atoms with Crippen molar-refractivity contribution in [2.24, 2.45) is 0 Å². The molecule has 2 heteroatoms. The molecule has 1 aliphatic rings. The molecule has 0 radical (unpaired) electrons. The van der Waals surface area contributed by atoms with Gasteiger partial charge in [-0.05, 0) is 26.7 Å². The van der Waals surface area contributed by atoms with Gasteiger partial charge in [-0.15, -0.1) is 0 Å². The van der Waals surface area contributed by atoms with E-state index in [1.807, 2.05) is 0 Å². The van der Waals surface area contributed by atoms with E-state index in [4.69, 9.17) is 4.74 Å². The fourth-order valence-corrected chi connectivity index (χ4v) is 1.91.